The number of carboxylic acids is 1. The molecule has 0 unspecified atom stereocenters. The van der Waals surface area contributed by atoms with Crippen LogP contribution >= 0.6 is 23.1 Å². The molecule has 0 aliphatic heterocycles. The van der Waals surface area contributed by atoms with E-state index in [1.54, 1.807) is 6.92 Å². The van der Waals surface area contributed by atoms with Gasteiger partial charge in [-0.2, -0.15) is 0 Å². The average molecular weight is 318 g/mol. The summed E-state index contributed by atoms with van der Waals surface area (Å²) in [6, 6.07) is -0.365. The highest BCUT2D eigenvalue weighted by Crippen LogP contribution is 2.30. The molecule has 1 rings (SSSR count). The number of hydrogen-bond acceptors (Lipinski definition) is 6. The van der Waals surface area contributed by atoms with E-state index in [4.69, 9.17) is 5.11 Å². The summed E-state index contributed by atoms with van der Waals surface area (Å²) in [5.74, 6) is -0.882. The summed E-state index contributed by atoms with van der Waals surface area (Å²) in [7, 11) is 0. The number of nitrogens with one attached hydrogen (secondary N) is 2. The molecule has 7 nitrogen and oxygen atoms in total. The lowest BCUT2D eigenvalue weighted by Crippen LogP contribution is -2.43. The van der Waals surface area contributed by atoms with Crippen molar-refractivity contribution in [2.75, 3.05) is 5.32 Å². The minimum Gasteiger partial charge on any atom is -0.480 e. The number of anilines is 1. The maximum atomic E-state index is 11.6. The second-order valence-electron chi connectivity index (χ2n) is 5.06. The second kappa shape index (κ2) is 6.89. The lowest BCUT2D eigenvalue weighted by Gasteiger charge is -2.19. The number of amides is 2. The van der Waals surface area contributed by atoms with Crippen LogP contribution < -0.4 is 10.6 Å². The van der Waals surface area contributed by atoms with Gasteiger partial charge in [0.2, 0.25) is 5.13 Å². The fourth-order valence-corrected chi connectivity index (χ4v) is 3.06. The number of carbonyl (C=O) groups excluding carboxylic acids is 1. The number of aromatic nitrogens is 2. The van der Waals surface area contributed by atoms with E-state index < -0.39 is 11.2 Å². The molecule has 1 atom stereocenters. The molecule has 0 saturated carbocycles. The first-order chi connectivity index (χ1) is 9.21. The van der Waals surface area contributed by atoms with Crippen molar-refractivity contribution in [3.05, 3.63) is 0 Å². The molecule has 112 valence electrons. The lowest BCUT2D eigenvalue weighted by molar-refractivity contribution is -0.136. The van der Waals surface area contributed by atoms with Crippen LogP contribution in [-0.4, -0.2) is 38.1 Å². The molecule has 1 heterocycles. The predicted molar refractivity (Wildman–Crippen MR) is 79.4 cm³/mol. The molecule has 0 aromatic carbocycles. The third kappa shape index (κ3) is 5.74. The third-order valence-corrected chi connectivity index (χ3v) is 4.28. The molecule has 0 radical (unpaired) electrons. The first kappa shape index (κ1) is 16.7. The molecule has 0 fully saturated rings. The molecule has 0 spiro atoms. The van der Waals surface area contributed by atoms with Crippen molar-refractivity contribution in [3.63, 3.8) is 0 Å². The van der Waals surface area contributed by atoms with Crippen LogP contribution in [0.4, 0.5) is 9.93 Å². The molecule has 2 amide bonds. The molecular weight excluding hydrogens is 300 g/mol. The van der Waals surface area contributed by atoms with Gasteiger partial charge >= 0.3 is 12.0 Å². The van der Waals surface area contributed by atoms with Crippen molar-refractivity contribution < 1.29 is 14.7 Å². The van der Waals surface area contributed by atoms with Gasteiger partial charge in [0, 0.05) is 5.54 Å². The zero-order valence-electron chi connectivity index (χ0n) is 11.8. The molecule has 9 heteroatoms. The van der Waals surface area contributed by atoms with Gasteiger partial charge in [-0.05, 0) is 27.2 Å². The van der Waals surface area contributed by atoms with Gasteiger partial charge in [0.05, 0.1) is 0 Å². The smallest absolute Gasteiger partial charge is 0.321 e. The average Bonchev–Trinajstić information content (AvgIpc) is 2.70. The Hall–Kier alpha value is -1.35. The highest BCUT2D eigenvalue weighted by molar-refractivity contribution is 8.02. The van der Waals surface area contributed by atoms with Gasteiger partial charge in [-0.25, -0.2) is 4.79 Å². The zero-order chi connectivity index (χ0) is 15.3. The van der Waals surface area contributed by atoms with Crippen molar-refractivity contribution in [1.29, 1.82) is 0 Å². The molecule has 1 aromatic heterocycles. The first-order valence-electron chi connectivity index (χ1n) is 6.03. The van der Waals surface area contributed by atoms with Gasteiger partial charge in [-0.1, -0.05) is 30.0 Å². The van der Waals surface area contributed by atoms with E-state index in [2.05, 4.69) is 20.8 Å². The van der Waals surface area contributed by atoms with Crippen molar-refractivity contribution in [2.24, 2.45) is 0 Å². The maximum absolute atomic E-state index is 11.6. The van der Waals surface area contributed by atoms with E-state index >= 15 is 0 Å². The van der Waals surface area contributed by atoms with Crippen LogP contribution in [0.2, 0.25) is 0 Å². The summed E-state index contributed by atoms with van der Waals surface area (Å²) in [5, 5.41) is 21.7. The number of aliphatic carboxylic acids is 1. The number of thioether (sulfide) groups is 1. The largest absolute Gasteiger partial charge is 0.480 e. The summed E-state index contributed by atoms with van der Waals surface area (Å²) in [5.41, 5.74) is -0.344. The Morgan fingerprint density at radius 3 is 2.55 bits per heavy atom. The number of urea groups is 1. The Kier molecular flexibility index (Phi) is 5.75. The van der Waals surface area contributed by atoms with Crippen LogP contribution in [0.15, 0.2) is 4.34 Å². The molecule has 0 bridgehead atoms. The van der Waals surface area contributed by atoms with Gasteiger partial charge in [0.15, 0.2) is 4.34 Å². The van der Waals surface area contributed by atoms with E-state index in [1.165, 1.54) is 0 Å². The monoisotopic (exact) mass is 318 g/mol. The number of nitrogens with zero attached hydrogens (tertiary/aromatic N) is 2. The van der Waals surface area contributed by atoms with Crippen molar-refractivity contribution in [1.82, 2.24) is 15.5 Å². The Morgan fingerprint density at radius 2 is 2.05 bits per heavy atom. The predicted octanol–water partition coefficient (Wildman–Crippen LogP) is 2.41. The number of rotatable bonds is 5. The highest BCUT2D eigenvalue weighted by Gasteiger charge is 2.20. The molecule has 20 heavy (non-hydrogen) atoms. The standard InChI is InChI=1S/C11H18N4O3S2/c1-5-6(7(16)17)19-10-15-14-9(20-10)12-8(18)13-11(2,3)4/h6H,5H2,1-4H3,(H,16,17)(H2,12,13,14,18)/t6-/m1/s1. The highest BCUT2D eigenvalue weighted by atomic mass is 32.2. The molecule has 0 aliphatic carbocycles. The first-order valence-corrected chi connectivity index (χ1v) is 7.73. The molecule has 1 aromatic rings. The topological polar surface area (TPSA) is 104 Å². The van der Waals surface area contributed by atoms with Crippen LogP contribution in [0.1, 0.15) is 34.1 Å². The van der Waals surface area contributed by atoms with Crippen molar-refractivity contribution in [3.8, 4) is 0 Å². The van der Waals surface area contributed by atoms with E-state index in [1.807, 2.05) is 20.8 Å². The zero-order valence-corrected chi connectivity index (χ0v) is 13.4. The SMILES string of the molecule is CC[C@@H](Sc1nnc(NC(=O)NC(C)(C)C)s1)C(=O)O. The van der Waals surface area contributed by atoms with E-state index in [0.29, 0.717) is 15.9 Å². The minimum atomic E-state index is -0.882. The Bertz CT molecular complexity index is 484. The summed E-state index contributed by atoms with van der Waals surface area (Å²) < 4.78 is 0.519. The summed E-state index contributed by atoms with van der Waals surface area (Å²) in [6.45, 7) is 7.40. The normalized spacial score (nSPS) is 12.8. The fraction of sp³-hybridized carbons (Fsp3) is 0.636. The van der Waals surface area contributed by atoms with Gasteiger partial charge < -0.3 is 10.4 Å². The van der Waals surface area contributed by atoms with E-state index in [-0.39, 0.29) is 11.6 Å². The Morgan fingerprint density at radius 1 is 1.40 bits per heavy atom. The van der Waals surface area contributed by atoms with Crippen LogP contribution in [0.5, 0.6) is 0 Å². The van der Waals surface area contributed by atoms with Crippen LogP contribution in [0.3, 0.4) is 0 Å². The molecular formula is C11H18N4O3S2. The number of carboxylic acid groups (broad SMARTS) is 1. The van der Waals surface area contributed by atoms with Crippen LogP contribution in [0.25, 0.3) is 0 Å². The number of carbonyl (C=O) groups is 2. The van der Waals surface area contributed by atoms with Gasteiger partial charge in [-0.15, -0.1) is 10.2 Å². The lowest BCUT2D eigenvalue weighted by atomic mass is 10.1. The molecule has 0 aliphatic rings. The summed E-state index contributed by atoms with van der Waals surface area (Å²) >= 11 is 2.29. The van der Waals surface area contributed by atoms with E-state index in [0.717, 1.165) is 23.1 Å². The maximum Gasteiger partial charge on any atom is 0.321 e. The minimum absolute atomic E-state index is 0.342. The third-order valence-electron chi connectivity index (χ3n) is 2.00. The van der Waals surface area contributed by atoms with Crippen LogP contribution in [0, 0.1) is 0 Å². The Balaban J connectivity index is 2.59. The van der Waals surface area contributed by atoms with Crippen molar-refractivity contribution >= 4 is 40.2 Å². The number of hydrogen-bond donors (Lipinski definition) is 3. The quantitative estimate of drug-likeness (QED) is 0.569. The second-order valence-corrected chi connectivity index (χ2v) is 7.48. The van der Waals surface area contributed by atoms with Gasteiger partial charge in [-0.3, -0.25) is 10.1 Å². The molecule has 0 saturated heterocycles. The molecule has 3 N–H and O–H groups in total. The van der Waals surface area contributed by atoms with Crippen molar-refractivity contribution in [2.45, 2.75) is 49.2 Å². The summed E-state index contributed by atoms with van der Waals surface area (Å²) in [6.07, 6.45) is 0.493. The van der Waals surface area contributed by atoms with Crippen LogP contribution in [-0.2, 0) is 4.79 Å². The van der Waals surface area contributed by atoms with Gasteiger partial charge in [0.25, 0.3) is 0 Å². The Labute approximate surface area is 125 Å². The van der Waals surface area contributed by atoms with Gasteiger partial charge in [0.1, 0.15) is 5.25 Å². The van der Waals surface area contributed by atoms with E-state index in [9.17, 15) is 9.59 Å². The fourth-order valence-electron chi connectivity index (χ4n) is 1.21. The summed E-state index contributed by atoms with van der Waals surface area (Å²) in [4.78, 5) is 22.6.